The molecule has 88 valence electrons. The monoisotopic (exact) mass is 208 g/mol. The Bertz CT molecular complexity index is 214. The van der Waals surface area contributed by atoms with Gasteiger partial charge in [-0.2, -0.15) is 0 Å². The van der Waals surface area contributed by atoms with Crippen LogP contribution in [0, 0.1) is 29.1 Å². The molecule has 1 rings (SSSR count). The Hall–Kier alpha value is -0.260. The number of rotatable bonds is 3. The smallest absolute Gasteiger partial charge is 0.0118 e. The quantitative estimate of drug-likeness (QED) is 0.578. The molecule has 0 heteroatoms. The van der Waals surface area contributed by atoms with Crippen LogP contribution in [-0.2, 0) is 0 Å². The Kier molecular flexibility index (Phi) is 4.03. The second-order valence-corrected chi connectivity index (χ2v) is 6.34. The van der Waals surface area contributed by atoms with Crippen molar-refractivity contribution in [2.45, 2.75) is 53.9 Å². The van der Waals surface area contributed by atoms with E-state index in [0.717, 1.165) is 23.7 Å². The molecule has 0 saturated heterocycles. The topological polar surface area (TPSA) is 0 Å². The van der Waals surface area contributed by atoms with E-state index in [0.29, 0.717) is 5.41 Å². The summed E-state index contributed by atoms with van der Waals surface area (Å²) in [5, 5.41) is 0. The molecular weight excluding hydrogens is 180 g/mol. The van der Waals surface area contributed by atoms with Gasteiger partial charge in [0.1, 0.15) is 0 Å². The summed E-state index contributed by atoms with van der Waals surface area (Å²) in [5.74, 6) is 3.40. The van der Waals surface area contributed by atoms with Crippen LogP contribution in [0.5, 0.6) is 0 Å². The molecule has 1 aliphatic carbocycles. The highest BCUT2D eigenvalue weighted by atomic mass is 14.4. The van der Waals surface area contributed by atoms with E-state index in [-0.39, 0.29) is 0 Å². The summed E-state index contributed by atoms with van der Waals surface area (Å²) in [4.78, 5) is 0. The first-order valence-electron chi connectivity index (χ1n) is 6.54. The van der Waals surface area contributed by atoms with Gasteiger partial charge in [0.2, 0.25) is 0 Å². The van der Waals surface area contributed by atoms with Gasteiger partial charge in [0.05, 0.1) is 0 Å². The zero-order chi connectivity index (χ0) is 11.6. The molecular formula is C15H28. The molecule has 0 unspecified atom stereocenters. The van der Waals surface area contributed by atoms with Crippen molar-refractivity contribution in [3.63, 3.8) is 0 Å². The summed E-state index contributed by atoms with van der Waals surface area (Å²) in [6.45, 7) is 16.0. The SMILES string of the molecule is C=C[C@]1(C)CC[C@@H](C(C)C)C[C@H]1C(C)C. The van der Waals surface area contributed by atoms with Crippen molar-refractivity contribution in [3.05, 3.63) is 12.7 Å². The molecule has 0 aromatic rings. The largest absolute Gasteiger partial charge is 0.103 e. The van der Waals surface area contributed by atoms with Crippen LogP contribution in [-0.4, -0.2) is 0 Å². The van der Waals surface area contributed by atoms with E-state index in [9.17, 15) is 0 Å². The van der Waals surface area contributed by atoms with Crippen LogP contribution in [0.15, 0.2) is 12.7 Å². The summed E-state index contributed by atoms with van der Waals surface area (Å²) < 4.78 is 0. The molecule has 0 nitrogen and oxygen atoms in total. The summed E-state index contributed by atoms with van der Waals surface area (Å²) in [6, 6.07) is 0. The lowest BCUT2D eigenvalue weighted by molar-refractivity contribution is 0.0696. The van der Waals surface area contributed by atoms with Crippen molar-refractivity contribution in [1.82, 2.24) is 0 Å². The van der Waals surface area contributed by atoms with E-state index in [1.54, 1.807) is 0 Å². The minimum atomic E-state index is 0.388. The van der Waals surface area contributed by atoms with Crippen LogP contribution >= 0.6 is 0 Å². The molecule has 0 heterocycles. The minimum absolute atomic E-state index is 0.388. The standard InChI is InChI=1S/C15H28/c1-7-15(6)9-8-13(11(2)3)10-14(15)12(4)5/h7,11-14H,1,8-10H2,2-6H3/t13-,14+,15-/m1/s1. The molecule has 0 N–H and O–H groups in total. The van der Waals surface area contributed by atoms with E-state index >= 15 is 0 Å². The normalized spacial score (nSPS) is 37.3. The summed E-state index contributed by atoms with van der Waals surface area (Å²) in [7, 11) is 0. The fourth-order valence-electron chi connectivity index (χ4n) is 3.29. The number of allylic oxidation sites excluding steroid dienone is 1. The lowest BCUT2D eigenvalue weighted by Gasteiger charge is -2.46. The van der Waals surface area contributed by atoms with E-state index in [1.165, 1.54) is 19.3 Å². The predicted octanol–water partition coefficient (Wildman–Crippen LogP) is 4.91. The molecule has 0 bridgehead atoms. The average Bonchev–Trinajstić information content (AvgIpc) is 2.17. The fourth-order valence-corrected chi connectivity index (χ4v) is 3.29. The van der Waals surface area contributed by atoms with Gasteiger partial charge in [-0.05, 0) is 48.3 Å². The highest BCUT2D eigenvalue weighted by Crippen LogP contribution is 2.49. The first-order valence-corrected chi connectivity index (χ1v) is 6.54. The minimum Gasteiger partial charge on any atom is -0.103 e. The second-order valence-electron chi connectivity index (χ2n) is 6.34. The van der Waals surface area contributed by atoms with Crippen molar-refractivity contribution in [2.24, 2.45) is 29.1 Å². The molecule has 0 radical (unpaired) electrons. The zero-order valence-corrected chi connectivity index (χ0v) is 11.2. The summed E-state index contributed by atoms with van der Waals surface area (Å²) in [6.07, 6.45) is 6.34. The zero-order valence-electron chi connectivity index (χ0n) is 11.2. The molecule has 1 saturated carbocycles. The second kappa shape index (κ2) is 4.72. The molecule has 3 atom stereocenters. The van der Waals surface area contributed by atoms with Crippen LogP contribution in [0.2, 0.25) is 0 Å². The van der Waals surface area contributed by atoms with Gasteiger partial charge in [-0.1, -0.05) is 40.7 Å². The third-order valence-corrected chi connectivity index (χ3v) is 4.67. The van der Waals surface area contributed by atoms with Crippen molar-refractivity contribution in [3.8, 4) is 0 Å². The van der Waals surface area contributed by atoms with Gasteiger partial charge in [-0.25, -0.2) is 0 Å². The van der Waals surface area contributed by atoms with Gasteiger partial charge >= 0.3 is 0 Å². The van der Waals surface area contributed by atoms with Crippen LogP contribution in [0.1, 0.15) is 53.9 Å². The Morgan fingerprint density at radius 3 is 2.20 bits per heavy atom. The Balaban J connectivity index is 2.78. The van der Waals surface area contributed by atoms with E-state index in [2.05, 4.69) is 47.3 Å². The van der Waals surface area contributed by atoms with Crippen molar-refractivity contribution < 1.29 is 0 Å². The highest BCUT2D eigenvalue weighted by Gasteiger charge is 2.39. The van der Waals surface area contributed by atoms with Crippen LogP contribution in [0.3, 0.4) is 0 Å². The van der Waals surface area contributed by atoms with Gasteiger partial charge in [0, 0.05) is 0 Å². The third-order valence-electron chi connectivity index (χ3n) is 4.67. The first-order chi connectivity index (χ1) is 6.90. The van der Waals surface area contributed by atoms with Gasteiger partial charge in [0.15, 0.2) is 0 Å². The van der Waals surface area contributed by atoms with Crippen molar-refractivity contribution in [1.29, 1.82) is 0 Å². The molecule has 0 aromatic heterocycles. The Morgan fingerprint density at radius 1 is 1.20 bits per heavy atom. The maximum atomic E-state index is 4.06. The predicted molar refractivity (Wildman–Crippen MR) is 68.8 cm³/mol. The van der Waals surface area contributed by atoms with E-state index in [4.69, 9.17) is 0 Å². The molecule has 15 heavy (non-hydrogen) atoms. The maximum Gasteiger partial charge on any atom is -0.0118 e. The third kappa shape index (κ3) is 2.65. The van der Waals surface area contributed by atoms with Crippen LogP contribution in [0.4, 0.5) is 0 Å². The lowest BCUT2D eigenvalue weighted by Crippen LogP contribution is -2.37. The molecule has 1 fully saturated rings. The molecule has 1 aliphatic rings. The van der Waals surface area contributed by atoms with Crippen molar-refractivity contribution >= 4 is 0 Å². The summed E-state index contributed by atoms with van der Waals surface area (Å²) >= 11 is 0. The molecule has 0 amide bonds. The maximum absolute atomic E-state index is 4.06. The Labute approximate surface area is 96.2 Å². The average molecular weight is 208 g/mol. The highest BCUT2D eigenvalue weighted by molar-refractivity contribution is 5.01. The summed E-state index contributed by atoms with van der Waals surface area (Å²) in [5.41, 5.74) is 0.388. The van der Waals surface area contributed by atoms with Crippen molar-refractivity contribution in [2.75, 3.05) is 0 Å². The van der Waals surface area contributed by atoms with Gasteiger partial charge in [-0.3, -0.25) is 0 Å². The van der Waals surface area contributed by atoms with Gasteiger partial charge in [-0.15, -0.1) is 6.58 Å². The molecule has 0 aromatic carbocycles. The Morgan fingerprint density at radius 2 is 1.80 bits per heavy atom. The van der Waals surface area contributed by atoms with Crippen LogP contribution < -0.4 is 0 Å². The molecule has 0 spiro atoms. The lowest BCUT2D eigenvalue weighted by atomic mass is 9.59. The number of hydrogen-bond acceptors (Lipinski definition) is 0. The number of hydrogen-bond donors (Lipinski definition) is 0. The van der Waals surface area contributed by atoms with Gasteiger partial charge < -0.3 is 0 Å². The van der Waals surface area contributed by atoms with E-state index < -0.39 is 0 Å². The first kappa shape index (κ1) is 12.8. The molecule has 0 aliphatic heterocycles. The van der Waals surface area contributed by atoms with Crippen LogP contribution in [0.25, 0.3) is 0 Å². The van der Waals surface area contributed by atoms with Gasteiger partial charge in [0.25, 0.3) is 0 Å². The van der Waals surface area contributed by atoms with E-state index in [1.807, 2.05) is 0 Å². The fraction of sp³-hybridized carbons (Fsp3) is 0.867.